The fourth-order valence-corrected chi connectivity index (χ4v) is 2.39. The van der Waals surface area contributed by atoms with Gasteiger partial charge in [0.25, 0.3) is 0 Å². The van der Waals surface area contributed by atoms with Crippen molar-refractivity contribution in [1.29, 1.82) is 0 Å². The molecule has 2 rings (SSSR count). The molecule has 0 N–H and O–H groups in total. The Bertz CT molecular complexity index is 357. The van der Waals surface area contributed by atoms with Crippen molar-refractivity contribution in [1.82, 2.24) is 9.97 Å². The van der Waals surface area contributed by atoms with E-state index < -0.39 is 0 Å². The summed E-state index contributed by atoms with van der Waals surface area (Å²) in [6.07, 6.45) is 2.59. The van der Waals surface area contributed by atoms with Crippen LogP contribution in [0.15, 0.2) is 0 Å². The van der Waals surface area contributed by atoms with E-state index in [9.17, 15) is 0 Å². The third-order valence-corrected chi connectivity index (χ3v) is 3.19. The number of hydrogen-bond acceptors (Lipinski definition) is 3. The maximum atomic E-state index is 4.63. The predicted octanol–water partition coefficient (Wildman–Crippen LogP) is 4.87. The Kier molecular flexibility index (Phi) is 9.19. The first-order valence-corrected chi connectivity index (χ1v) is 8.19. The summed E-state index contributed by atoms with van der Waals surface area (Å²) >= 11 is 0. The minimum Gasteiger partial charge on any atom is -0.369 e. The molecule has 0 bridgehead atoms. The van der Waals surface area contributed by atoms with Crippen LogP contribution in [0.25, 0.3) is 0 Å². The zero-order valence-corrected chi connectivity index (χ0v) is 14.7. The average molecular weight is 279 g/mol. The number of rotatable bonds is 2. The summed E-state index contributed by atoms with van der Waals surface area (Å²) in [5.41, 5.74) is 3.54. The summed E-state index contributed by atoms with van der Waals surface area (Å²) in [4.78, 5) is 11.7. The third-order valence-electron chi connectivity index (χ3n) is 3.19. The topological polar surface area (TPSA) is 29.0 Å². The second kappa shape index (κ2) is 9.73. The predicted molar refractivity (Wildman–Crippen MR) is 89.7 cm³/mol. The van der Waals surface area contributed by atoms with E-state index in [1.165, 1.54) is 18.5 Å². The van der Waals surface area contributed by atoms with Gasteiger partial charge in [-0.1, -0.05) is 41.5 Å². The molecule has 0 spiro atoms. The van der Waals surface area contributed by atoms with Gasteiger partial charge in [0.15, 0.2) is 0 Å². The maximum absolute atomic E-state index is 4.63. The quantitative estimate of drug-likeness (QED) is 0.773. The molecule has 0 radical (unpaired) electrons. The van der Waals surface area contributed by atoms with Crippen LogP contribution < -0.4 is 4.90 Å². The molecular weight excluding hydrogens is 246 g/mol. The van der Waals surface area contributed by atoms with Gasteiger partial charge < -0.3 is 4.90 Å². The van der Waals surface area contributed by atoms with Gasteiger partial charge in [0.05, 0.1) is 17.1 Å². The first kappa shape index (κ1) is 18.9. The minimum absolute atomic E-state index is 0.407. The molecule has 1 aliphatic heterocycles. The van der Waals surface area contributed by atoms with E-state index in [0.29, 0.717) is 5.92 Å². The molecule has 0 saturated carbocycles. The van der Waals surface area contributed by atoms with Crippen LogP contribution in [0.3, 0.4) is 0 Å². The van der Waals surface area contributed by atoms with Gasteiger partial charge >= 0.3 is 0 Å². The van der Waals surface area contributed by atoms with Crippen molar-refractivity contribution >= 4 is 5.69 Å². The van der Waals surface area contributed by atoms with Crippen LogP contribution in [0, 0.1) is 13.8 Å². The molecule has 1 aliphatic rings. The molecule has 0 atom stereocenters. The highest BCUT2D eigenvalue weighted by Gasteiger charge is 2.19. The highest BCUT2D eigenvalue weighted by Crippen LogP contribution is 2.27. The molecule has 20 heavy (non-hydrogen) atoms. The van der Waals surface area contributed by atoms with Gasteiger partial charge in [0.1, 0.15) is 5.82 Å². The van der Waals surface area contributed by atoms with Crippen LogP contribution in [-0.4, -0.2) is 23.1 Å². The van der Waals surface area contributed by atoms with Crippen molar-refractivity contribution < 1.29 is 0 Å². The smallest absolute Gasteiger partial charge is 0.131 e. The minimum atomic E-state index is 0.407. The van der Waals surface area contributed by atoms with Crippen molar-refractivity contribution in [2.45, 2.75) is 74.1 Å². The zero-order chi connectivity index (χ0) is 15.7. The first-order valence-electron chi connectivity index (χ1n) is 8.19. The van der Waals surface area contributed by atoms with E-state index in [2.05, 4.69) is 42.6 Å². The van der Waals surface area contributed by atoms with E-state index in [1.54, 1.807) is 0 Å². The fraction of sp³-hybridized carbons (Fsp3) is 0.765. The molecule has 0 unspecified atom stereocenters. The Hall–Kier alpha value is -1.12. The van der Waals surface area contributed by atoms with E-state index in [4.69, 9.17) is 0 Å². The number of anilines is 1. The fourth-order valence-electron chi connectivity index (χ4n) is 2.39. The summed E-state index contributed by atoms with van der Waals surface area (Å²) < 4.78 is 0. The van der Waals surface area contributed by atoms with Crippen molar-refractivity contribution in [2.75, 3.05) is 18.0 Å². The van der Waals surface area contributed by atoms with Gasteiger partial charge in [0.2, 0.25) is 0 Å². The van der Waals surface area contributed by atoms with Crippen LogP contribution in [0.2, 0.25) is 0 Å². The average Bonchev–Trinajstić information content (AvgIpc) is 2.96. The van der Waals surface area contributed by atoms with Crippen LogP contribution in [0.5, 0.6) is 0 Å². The van der Waals surface area contributed by atoms with E-state index in [1.807, 2.05) is 27.7 Å². The molecule has 3 nitrogen and oxygen atoms in total. The summed E-state index contributed by atoms with van der Waals surface area (Å²) in [6, 6.07) is 0. The van der Waals surface area contributed by atoms with Crippen molar-refractivity contribution in [3.63, 3.8) is 0 Å². The molecule has 0 amide bonds. The summed E-state index contributed by atoms with van der Waals surface area (Å²) in [7, 11) is 0. The van der Waals surface area contributed by atoms with Crippen molar-refractivity contribution in [2.24, 2.45) is 0 Å². The van der Waals surface area contributed by atoms with Gasteiger partial charge in [0, 0.05) is 19.0 Å². The van der Waals surface area contributed by atoms with Crippen molar-refractivity contribution in [3.8, 4) is 0 Å². The van der Waals surface area contributed by atoms with Gasteiger partial charge in [-0.25, -0.2) is 9.97 Å². The number of nitrogens with zero attached hydrogens (tertiary/aromatic N) is 3. The molecule has 0 aromatic carbocycles. The lowest BCUT2D eigenvalue weighted by Crippen LogP contribution is -2.21. The lowest BCUT2D eigenvalue weighted by molar-refractivity contribution is 0.752. The second-order valence-electron chi connectivity index (χ2n) is 4.95. The normalized spacial score (nSPS) is 13.6. The highest BCUT2D eigenvalue weighted by molar-refractivity contribution is 5.54. The number of aryl methyl sites for hydroxylation is 2. The second-order valence-corrected chi connectivity index (χ2v) is 4.95. The lowest BCUT2D eigenvalue weighted by Gasteiger charge is -2.22. The summed E-state index contributed by atoms with van der Waals surface area (Å²) in [5, 5.41) is 0. The molecule has 0 aliphatic carbocycles. The zero-order valence-electron chi connectivity index (χ0n) is 14.7. The molecule has 1 saturated heterocycles. The van der Waals surface area contributed by atoms with Crippen LogP contribution in [0.1, 0.15) is 77.5 Å². The van der Waals surface area contributed by atoms with Gasteiger partial charge in [-0.05, 0) is 26.7 Å². The largest absolute Gasteiger partial charge is 0.369 e. The molecule has 2 heterocycles. The van der Waals surface area contributed by atoms with E-state index >= 15 is 0 Å². The third kappa shape index (κ3) is 4.77. The molecular formula is C17H33N3. The Morgan fingerprint density at radius 1 is 0.850 bits per heavy atom. The monoisotopic (exact) mass is 279 g/mol. The molecule has 1 fully saturated rings. The van der Waals surface area contributed by atoms with Crippen LogP contribution in [-0.2, 0) is 0 Å². The highest BCUT2D eigenvalue weighted by atomic mass is 15.2. The number of aromatic nitrogens is 2. The van der Waals surface area contributed by atoms with Gasteiger partial charge in [-0.2, -0.15) is 0 Å². The van der Waals surface area contributed by atoms with E-state index in [0.717, 1.165) is 30.3 Å². The Balaban J connectivity index is 0.000000829. The van der Waals surface area contributed by atoms with Crippen molar-refractivity contribution in [3.05, 3.63) is 17.2 Å². The number of hydrogen-bond donors (Lipinski definition) is 0. The molecule has 1 aromatic heterocycles. The first-order chi connectivity index (χ1) is 9.59. The summed E-state index contributed by atoms with van der Waals surface area (Å²) in [5.74, 6) is 1.38. The van der Waals surface area contributed by atoms with E-state index in [-0.39, 0.29) is 0 Å². The SMILES string of the molecule is CC.CC.Cc1nc(C(C)C)nc(C)c1N1CCCC1. The molecule has 1 aromatic rings. The van der Waals surface area contributed by atoms with Crippen LogP contribution >= 0.6 is 0 Å². The Morgan fingerprint density at radius 3 is 1.60 bits per heavy atom. The van der Waals surface area contributed by atoms with Gasteiger partial charge in [-0.3, -0.25) is 0 Å². The molecule has 3 heteroatoms. The Labute approximate surface area is 125 Å². The van der Waals surface area contributed by atoms with Crippen LogP contribution in [0.4, 0.5) is 5.69 Å². The lowest BCUT2D eigenvalue weighted by atomic mass is 10.2. The Morgan fingerprint density at radius 2 is 1.25 bits per heavy atom. The summed E-state index contributed by atoms with van der Waals surface area (Å²) in [6.45, 7) is 18.8. The van der Waals surface area contributed by atoms with Gasteiger partial charge in [-0.15, -0.1) is 0 Å². The maximum Gasteiger partial charge on any atom is 0.131 e. The standard InChI is InChI=1S/C13H21N3.2C2H6/c1-9(2)13-14-10(3)12(11(4)15-13)16-7-5-6-8-16;2*1-2/h9H,5-8H2,1-4H3;2*1-2H3. The molecule has 116 valence electrons.